The molecule has 0 saturated carbocycles. The van der Waals surface area contributed by atoms with E-state index in [-0.39, 0.29) is 16.7 Å². The van der Waals surface area contributed by atoms with Gasteiger partial charge in [-0.25, -0.2) is 4.79 Å². The number of rotatable bonds is 1. The van der Waals surface area contributed by atoms with Crippen molar-refractivity contribution in [2.24, 2.45) is 0 Å². The zero-order chi connectivity index (χ0) is 11.0. The molecule has 0 aromatic heterocycles. The third kappa shape index (κ3) is 1.38. The molecule has 0 spiro atoms. The number of carbonyl (C=O) groups excluding carboxylic acids is 3. The van der Waals surface area contributed by atoms with E-state index in [0.717, 1.165) is 0 Å². The molecule has 5 heteroatoms. The van der Waals surface area contributed by atoms with Gasteiger partial charge in [-0.2, -0.15) is 0 Å². The van der Waals surface area contributed by atoms with Crippen LogP contribution in [0.25, 0.3) is 0 Å². The molecule has 1 N–H and O–H groups in total. The highest BCUT2D eigenvalue weighted by Gasteiger charge is 2.27. The van der Waals surface area contributed by atoms with E-state index >= 15 is 0 Å². The molecule has 0 radical (unpaired) electrons. The van der Waals surface area contributed by atoms with Crippen LogP contribution in [0, 0.1) is 0 Å². The monoisotopic (exact) mass is 205 g/mol. The zero-order valence-electron chi connectivity index (χ0n) is 7.87. The van der Waals surface area contributed by atoms with Crippen LogP contribution in [0.2, 0.25) is 0 Å². The van der Waals surface area contributed by atoms with Crippen LogP contribution >= 0.6 is 0 Å². The summed E-state index contributed by atoms with van der Waals surface area (Å²) in [7, 11) is 1.25. The Morgan fingerprint density at radius 1 is 1.20 bits per heavy atom. The summed E-state index contributed by atoms with van der Waals surface area (Å²) in [5, 5.41) is 2.14. The quantitative estimate of drug-likeness (QED) is 0.530. The van der Waals surface area contributed by atoms with Crippen molar-refractivity contribution in [3.8, 4) is 0 Å². The smallest absolute Gasteiger partial charge is 0.337 e. The molecule has 1 aliphatic rings. The molecule has 1 aromatic carbocycles. The maximum absolute atomic E-state index is 11.3. The van der Waals surface area contributed by atoms with E-state index < -0.39 is 17.8 Å². The highest BCUT2D eigenvalue weighted by atomic mass is 16.5. The summed E-state index contributed by atoms with van der Waals surface area (Å²) in [5.74, 6) is -1.46. The first-order valence-corrected chi connectivity index (χ1v) is 4.21. The molecule has 1 aromatic rings. The molecule has 0 bridgehead atoms. The average molecular weight is 205 g/mol. The Bertz CT molecular complexity index is 478. The van der Waals surface area contributed by atoms with Gasteiger partial charge in [0, 0.05) is 0 Å². The highest BCUT2D eigenvalue weighted by molar-refractivity contribution is 6.22. The van der Waals surface area contributed by atoms with Gasteiger partial charge < -0.3 is 4.74 Å². The number of imide groups is 1. The van der Waals surface area contributed by atoms with Crippen LogP contribution in [-0.4, -0.2) is 24.9 Å². The Balaban J connectivity index is 2.52. The van der Waals surface area contributed by atoms with E-state index in [1.807, 2.05) is 0 Å². The molecule has 15 heavy (non-hydrogen) atoms. The number of carbonyl (C=O) groups is 3. The van der Waals surface area contributed by atoms with Crippen LogP contribution in [0.15, 0.2) is 18.2 Å². The van der Waals surface area contributed by atoms with Gasteiger partial charge in [0.15, 0.2) is 0 Å². The lowest BCUT2D eigenvalue weighted by Gasteiger charge is -1.99. The Labute approximate surface area is 85.0 Å². The van der Waals surface area contributed by atoms with E-state index in [1.54, 1.807) is 0 Å². The fraction of sp³-hybridized carbons (Fsp3) is 0.100. The average Bonchev–Trinajstić information content (AvgIpc) is 2.53. The topological polar surface area (TPSA) is 72.5 Å². The molecule has 0 fully saturated rings. The van der Waals surface area contributed by atoms with E-state index in [1.165, 1.54) is 25.3 Å². The van der Waals surface area contributed by atoms with Gasteiger partial charge in [0.1, 0.15) is 0 Å². The Morgan fingerprint density at radius 2 is 1.87 bits per heavy atom. The van der Waals surface area contributed by atoms with Gasteiger partial charge in [0.05, 0.1) is 23.8 Å². The van der Waals surface area contributed by atoms with Crippen molar-refractivity contribution >= 4 is 17.8 Å². The third-order valence-electron chi connectivity index (χ3n) is 2.16. The first-order valence-electron chi connectivity index (χ1n) is 4.21. The predicted molar refractivity (Wildman–Crippen MR) is 49.6 cm³/mol. The van der Waals surface area contributed by atoms with Crippen LogP contribution in [0.4, 0.5) is 0 Å². The number of nitrogens with one attached hydrogen (secondary N) is 1. The lowest BCUT2D eigenvalue weighted by Crippen LogP contribution is -2.19. The second-order valence-electron chi connectivity index (χ2n) is 3.04. The summed E-state index contributed by atoms with van der Waals surface area (Å²) in [5.41, 5.74) is 0.747. The van der Waals surface area contributed by atoms with Crippen molar-refractivity contribution < 1.29 is 19.1 Å². The van der Waals surface area contributed by atoms with E-state index in [2.05, 4.69) is 10.1 Å². The van der Waals surface area contributed by atoms with Crippen LogP contribution in [0.5, 0.6) is 0 Å². The molecule has 0 atom stereocenters. The molecule has 0 unspecified atom stereocenters. The number of hydrogen-bond acceptors (Lipinski definition) is 4. The van der Waals surface area contributed by atoms with Gasteiger partial charge in [-0.1, -0.05) is 0 Å². The number of benzene rings is 1. The van der Waals surface area contributed by atoms with E-state index in [9.17, 15) is 14.4 Å². The van der Waals surface area contributed by atoms with Crippen molar-refractivity contribution in [3.05, 3.63) is 34.9 Å². The summed E-state index contributed by atoms with van der Waals surface area (Å²) >= 11 is 0. The summed E-state index contributed by atoms with van der Waals surface area (Å²) in [4.78, 5) is 33.6. The Kier molecular flexibility index (Phi) is 2.00. The Morgan fingerprint density at radius 3 is 2.53 bits per heavy atom. The molecule has 1 aliphatic heterocycles. The molecule has 2 amide bonds. The second-order valence-corrected chi connectivity index (χ2v) is 3.04. The van der Waals surface area contributed by atoms with Crippen molar-refractivity contribution in [2.45, 2.75) is 0 Å². The minimum Gasteiger partial charge on any atom is -0.465 e. The summed E-state index contributed by atoms with van der Waals surface area (Å²) in [6, 6.07) is 4.23. The predicted octanol–water partition coefficient (Wildman–Crippen LogP) is 0.357. The number of ether oxygens (including phenoxy) is 1. The minimum atomic E-state index is -0.537. The molecule has 5 nitrogen and oxygen atoms in total. The fourth-order valence-electron chi connectivity index (χ4n) is 1.41. The van der Waals surface area contributed by atoms with E-state index in [0.29, 0.717) is 0 Å². The molecule has 0 saturated heterocycles. The van der Waals surface area contributed by atoms with Gasteiger partial charge in [0.25, 0.3) is 11.8 Å². The SMILES string of the molecule is COC(=O)c1ccc2c(c1)C(=O)NC2=O. The maximum atomic E-state index is 11.3. The number of hydrogen-bond donors (Lipinski definition) is 1. The summed E-state index contributed by atoms with van der Waals surface area (Å²) in [6.07, 6.45) is 0. The van der Waals surface area contributed by atoms with Crippen LogP contribution in [0.3, 0.4) is 0 Å². The van der Waals surface area contributed by atoms with Gasteiger partial charge >= 0.3 is 5.97 Å². The van der Waals surface area contributed by atoms with E-state index in [4.69, 9.17) is 0 Å². The van der Waals surface area contributed by atoms with Crippen molar-refractivity contribution in [2.75, 3.05) is 7.11 Å². The fourth-order valence-corrected chi connectivity index (χ4v) is 1.41. The number of amides is 2. The third-order valence-corrected chi connectivity index (χ3v) is 2.16. The number of fused-ring (bicyclic) bond motifs is 1. The molecule has 1 heterocycles. The minimum absolute atomic E-state index is 0.211. The standard InChI is InChI=1S/C10H7NO4/c1-15-10(14)5-2-3-6-7(4-5)9(13)11-8(6)12/h2-4H,1H3,(H,11,12,13). The highest BCUT2D eigenvalue weighted by Crippen LogP contribution is 2.17. The summed E-state index contributed by atoms with van der Waals surface area (Å²) < 4.78 is 4.50. The van der Waals surface area contributed by atoms with Gasteiger partial charge in [-0.3, -0.25) is 14.9 Å². The van der Waals surface area contributed by atoms with Crippen molar-refractivity contribution in [1.29, 1.82) is 0 Å². The van der Waals surface area contributed by atoms with Gasteiger partial charge in [-0.15, -0.1) is 0 Å². The van der Waals surface area contributed by atoms with Crippen LogP contribution < -0.4 is 5.32 Å². The van der Waals surface area contributed by atoms with Crippen molar-refractivity contribution in [1.82, 2.24) is 5.32 Å². The zero-order valence-corrected chi connectivity index (χ0v) is 7.87. The van der Waals surface area contributed by atoms with Crippen LogP contribution in [0.1, 0.15) is 31.1 Å². The Hall–Kier alpha value is -2.17. The normalized spacial score (nSPS) is 13.4. The second kappa shape index (κ2) is 3.20. The molecule has 0 aliphatic carbocycles. The maximum Gasteiger partial charge on any atom is 0.337 e. The first kappa shape index (κ1) is 9.39. The molecular formula is C10H7NO4. The largest absolute Gasteiger partial charge is 0.465 e. The number of methoxy groups -OCH3 is 1. The van der Waals surface area contributed by atoms with Crippen LogP contribution in [-0.2, 0) is 4.74 Å². The summed E-state index contributed by atoms with van der Waals surface area (Å²) in [6.45, 7) is 0. The lowest BCUT2D eigenvalue weighted by molar-refractivity contribution is 0.0600. The molecular weight excluding hydrogens is 198 g/mol. The number of esters is 1. The van der Waals surface area contributed by atoms with Gasteiger partial charge in [0.2, 0.25) is 0 Å². The van der Waals surface area contributed by atoms with Gasteiger partial charge in [-0.05, 0) is 18.2 Å². The molecule has 2 rings (SSSR count). The first-order chi connectivity index (χ1) is 7.13. The lowest BCUT2D eigenvalue weighted by atomic mass is 10.1. The molecule has 76 valence electrons. The van der Waals surface area contributed by atoms with Crippen molar-refractivity contribution in [3.63, 3.8) is 0 Å².